The number of esters is 1. The number of carbonyl (C=O) groups excluding carboxylic acids is 1. The zero-order chi connectivity index (χ0) is 15.5. The molecule has 1 aromatic heterocycles. The van der Waals surface area contributed by atoms with Crippen molar-refractivity contribution in [2.75, 3.05) is 14.2 Å². The topological polar surface area (TPSA) is 48.4 Å². The molecule has 0 aliphatic heterocycles. The van der Waals surface area contributed by atoms with Crippen molar-refractivity contribution in [2.24, 2.45) is 0 Å². The second kappa shape index (κ2) is 5.85. The van der Waals surface area contributed by atoms with Gasteiger partial charge in [-0.3, -0.25) is 4.98 Å². The molecule has 22 heavy (non-hydrogen) atoms. The van der Waals surface area contributed by atoms with E-state index >= 15 is 0 Å². The smallest absolute Gasteiger partial charge is 0.341 e. The van der Waals surface area contributed by atoms with Crippen LogP contribution in [0.15, 0.2) is 54.7 Å². The summed E-state index contributed by atoms with van der Waals surface area (Å²) in [4.78, 5) is 16.6. The highest BCUT2D eigenvalue weighted by molar-refractivity contribution is 6.06. The highest BCUT2D eigenvalue weighted by Crippen LogP contribution is 2.39. The van der Waals surface area contributed by atoms with Crippen LogP contribution in [0.2, 0.25) is 0 Å². The van der Waals surface area contributed by atoms with E-state index in [0.29, 0.717) is 11.3 Å². The summed E-state index contributed by atoms with van der Waals surface area (Å²) in [5, 5.41) is 0.863. The third-order valence-corrected chi connectivity index (χ3v) is 3.52. The Balaban J connectivity index is 2.43. The minimum Gasteiger partial charge on any atom is -0.495 e. The first-order chi connectivity index (χ1) is 10.8. The van der Waals surface area contributed by atoms with Gasteiger partial charge in [-0.05, 0) is 17.7 Å². The van der Waals surface area contributed by atoms with Gasteiger partial charge >= 0.3 is 5.97 Å². The van der Waals surface area contributed by atoms with E-state index < -0.39 is 5.97 Å². The first-order valence-corrected chi connectivity index (χ1v) is 6.85. The number of pyridine rings is 1. The summed E-state index contributed by atoms with van der Waals surface area (Å²) in [6, 6.07) is 15.3. The Kier molecular flexibility index (Phi) is 3.74. The monoisotopic (exact) mass is 293 g/mol. The largest absolute Gasteiger partial charge is 0.495 e. The molecule has 1 heterocycles. The van der Waals surface area contributed by atoms with E-state index in [9.17, 15) is 4.79 Å². The molecule has 110 valence electrons. The van der Waals surface area contributed by atoms with Gasteiger partial charge in [0, 0.05) is 11.6 Å². The maximum absolute atomic E-state index is 12.1. The van der Waals surface area contributed by atoms with E-state index in [0.717, 1.165) is 22.0 Å². The van der Waals surface area contributed by atoms with Crippen LogP contribution in [0.1, 0.15) is 10.4 Å². The van der Waals surface area contributed by atoms with Gasteiger partial charge in [0.05, 0.1) is 25.3 Å². The van der Waals surface area contributed by atoms with Gasteiger partial charge in [-0.2, -0.15) is 0 Å². The molecular weight excluding hydrogens is 278 g/mol. The highest BCUT2D eigenvalue weighted by atomic mass is 16.5. The van der Waals surface area contributed by atoms with Crippen LogP contribution in [0.3, 0.4) is 0 Å². The van der Waals surface area contributed by atoms with Gasteiger partial charge in [0.15, 0.2) is 0 Å². The Labute approximate surface area is 128 Å². The number of ether oxygens (including phenoxy) is 2. The normalized spacial score (nSPS) is 10.5. The van der Waals surface area contributed by atoms with Crippen LogP contribution in [-0.2, 0) is 4.74 Å². The lowest BCUT2D eigenvalue weighted by Crippen LogP contribution is -2.06. The number of fused-ring (bicyclic) bond motifs is 1. The fourth-order valence-electron chi connectivity index (χ4n) is 2.55. The Morgan fingerprint density at radius 3 is 2.50 bits per heavy atom. The van der Waals surface area contributed by atoms with Crippen LogP contribution in [0.5, 0.6) is 5.75 Å². The lowest BCUT2D eigenvalue weighted by molar-refractivity contribution is 0.0597. The van der Waals surface area contributed by atoms with Crippen molar-refractivity contribution in [3.8, 4) is 16.9 Å². The van der Waals surface area contributed by atoms with Crippen molar-refractivity contribution >= 4 is 16.9 Å². The molecule has 0 saturated heterocycles. The molecule has 3 aromatic rings. The number of hydrogen-bond acceptors (Lipinski definition) is 4. The molecule has 0 amide bonds. The molecule has 4 nitrogen and oxygen atoms in total. The molecule has 0 bridgehead atoms. The first-order valence-electron chi connectivity index (χ1n) is 6.85. The molecule has 0 unspecified atom stereocenters. The molecule has 0 aliphatic rings. The second-order valence-corrected chi connectivity index (χ2v) is 4.77. The first kappa shape index (κ1) is 14.1. The Hall–Kier alpha value is -2.88. The van der Waals surface area contributed by atoms with Crippen LogP contribution < -0.4 is 4.74 Å². The molecule has 0 aliphatic carbocycles. The van der Waals surface area contributed by atoms with Gasteiger partial charge in [0.25, 0.3) is 0 Å². The van der Waals surface area contributed by atoms with Crippen molar-refractivity contribution in [1.29, 1.82) is 0 Å². The zero-order valence-electron chi connectivity index (χ0n) is 12.4. The molecule has 0 fully saturated rings. The summed E-state index contributed by atoms with van der Waals surface area (Å²) in [5.74, 6) is 0.0454. The summed E-state index contributed by atoms with van der Waals surface area (Å²) in [7, 11) is 2.90. The van der Waals surface area contributed by atoms with Crippen molar-refractivity contribution in [1.82, 2.24) is 4.98 Å². The molecule has 0 saturated carbocycles. The van der Waals surface area contributed by atoms with Gasteiger partial charge in [-0.25, -0.2) is 4.79 Å². The third-order valence-electron chi connectivity index (χ3n) is 3.52. The van der Waals surface area contributed by atoms with Crippen molar-refractivity contribution < 1.29 is 14.3 Å². The summed E-state index contributed by atoms with van der Waals surface area (Å²) in [5.41, 5.74) is 2.91. The Morgan fingerprint density at radius 2 is 1.82 bits per heavy atom. The summed E-state index contributed by atoms with van der Waals surface area (Å²) in [6.07, 6.45) is 1.73. The maximum Gasteiger partial charge on any atom is 0.341 e. The molecule has 0 atom stereocenters. The zero-order valence-corrected chi connectivity index (χ0v) is 12.4. The van der Waals surface area contributed by atoms with Crippen LogP contribution in [0, 0.1) is 0 Å². The fraction of sp³-hybridized carbons (Fsp3) is 0.111. The average molecular weight is 293 g/mol. The van der Waals surface area contributed by atoms with Crippen LogP contribution in [0.25, 0.3) is 22.0 Å². The van der Waals surface area contributed by atoms with Crippen LogP contribution >= 0.6 is 0 Å². The molecule has 0 radical (unpaired) electrons. The van der Waals surface area contributed by atoms with Crippen LogP contribution in [0.4, 0.5) is 0 Å². The lowest BCUT2D eigenvalue weighted by atomic mass is 9.97. The molecule has 4 heteroatoms. The van der Waals surface area contributed by atoms with Crippen molar-refractivity contribution in [3.63, 3.8) is 0 Å². The predicted octanol–water partition coefficient (Wildman–Crippen LogP) is 3.70. The molecule has 0 spiro atoms. The number of benzene rings is 2. The third kappa shape index (κ3) is 2.29. The lowest BCUT2D eigenvalue weighted by Gasteiger charge is -2.15. The minimum atomic E-state index is -0.431. The molecule has 2 aromatic carbocycles. The van der Waals surface area contributed by atoms with E-state index in [-0.39, 0.29) is 0 Å². The number of nitrogens with zero attached hydrogens (tertiary/aromatic N) is 1. The number of methoxy groups -OCH3 is 2. The fourth-order valence-corrected chi connectivity index (χ4v) is 2.55. The van der Waals surface area contributed by atoms with E-state index in [2.05, 4.69) is 4.98 Å². The number of rotatable bonds is 3. The quantitative estimate of drug-likeness (QED) is 0.691. The number of hydrogen-bond donors (Lipinski definition) is 0. The predicted molar refractivity (Wildman–Crippen MR) is 85.1 cm³/mol. The van der Waals surface area contributed by atoms with Gasteiger partial charge < -0.3 is 9.47 Å². The second-order valence-electron chi connectivity index (χ2n) is 4.77. The van der Waals surface area contributed by atoms with Gasteiger partial charge in [-0.15, -0.1) is 0 Å². The van der Waals surface area contributed by atoms with Crippen molar-refractivity contribution in [3.05, 3.63) is 60.3 Å². The van der Waals surface area contributed by atoms with E-state index in [4.69, 9.17) is 9.47 Å². The molecule has 0 N–H and O–H groups in total. The van der Waals surface area contributed by atoms with Gasteiger partial charge in [0.1, 0.15) is 11.3 Å². The maximum atomic E-state index is 12.1. The van der Waals surface area contributed by atoms with Crippen LogP contribution in [-0.4, -0.2) is 25.2 Å². The van der Waals surface area contributed by atoms with Crippen molar-refractivity contribution in [2.45, 2.75) is 0 Å². The minimum absolute atomic E-state index is 0.393. The summed E-state index contributed by atoms with van der Waals surface area (Å²) >= 11 is 0. The number of carbonyl (C=O) groups is 1. The Bertz CT molecular complexity index is 828. The average Bonchev–Trinajstić information content (AvgIpc) is 2.60. The van der Waals surface area contributed by atoms with Gasteiger partial charge in [0.2, 0.25) is 0 Å². The highest BCUT2D eigenvalue weighted by Gasteiger charge is 2.21. The summed E-state index contributed by atoms with van der Waals surface area (Å²) in [6.45, 7) is 0. The van der Waals surface area contributed by atoms with E-state index in [1.54, 1.807) is 19.4 Å². The molecule has 3 rings (SSSR count). The Morgan fingerprint density at radius 1 is 1.05 bits per heavy atom. The molecular formula is C18H15NO3. The van der Waals surface area contributed by atoms with E-state index in [1.807, 2.05) is 42.5 Å². The SMILES string of the molecule is COC(=O)c1cc2cccnc2c(-c2ccccc2)c1OC. The summed E-state index contributed by atoms with van der Waals surface area (Å²) < 4.78 is 10.4. The van der Waals surface area contributed by atoms with Gasteiger partial charge in [-0.1, -0.05) is 36.4 Å². The standard InChI is InChI=1S/C18H15NO3/c1-21-17-14(18(20)22-2)11-13-9-6-10-19-16(13)15(17)12-7-4-3-5-8-12/h3-11H,1-2H3. The number of aromatic nitrogens is 1. The van der Waals surface area contributed by atoms with E-state index in [1.165, 1.54) is 7.11 Å².